The molecular weight excluding hydrogens is 260 g/mol. The summed E-state index contributed by atoms with van der Waals surface area (Å²) in [7, 11) is 0. The molecule has 2 rings (SSSR count). The van der Waals surface area contributed by atoms with E-state index in [2.05, 4.69) is 17.5 Å². The summed E-state index contributed by atoms with van der Waals surface area (Å²) in [6.07, 6.45) is 7.81. The number of hydrogen-bond acceptors (Lipinski definition) is 4. The van der Waals surface area contributed by atoms with Crippen LogP contribution in [0, 0.1) is 11.8 Å². The number of carbonyl (C=O) groups is 2. The molecule has 112 valence electrons. The highest BCUT2D eigenvalue weighted by Gasteiger charge is 2.37. The Morgan fingerprint density at radius 1 is 1.35 bits per heavy atom. The zero-order valence-corrected chi connectivity index (χ0v) is 11.5. The van der Waals surface area contributed by atoms with Gasteiger partial charge in [0, 0.05) is 12.5 Å². The third kappa shape index (κ3) is 3.96. The zero-order valence-electron chi connectivity index (χ0n) is 11.5. The summed E-state index contributed by atoms with van der Waals surface area (Å²) in [5, 5.41) is 11.3. The van der Waals surface area contributed by atoms with E-state index in [0.717, 1.165) is 12.8 Å². The minimum absolute atomic E-state index is 0.0189. The second-order valence-electron chi connectivity index (χ2n) is 5.59. The maximum atomic E-state index is 11.6. The number of rotatable bonds is 7. The Morgan fingerprint density at radius 3 is 2.75 bits per heavy atom. The van der Waals surface area contributed by atoms with E-state index in [1.165, 1.54) is 0 Å². The predicted octanol–water partition coefficient (Wildman–Crippen LogP) is 1.26. The molecule has 4 N–H and O–H groups in total. The van der Waals surface area contributed by atoms with Gasteiger partial charge in [-0.3, -0.25) is 4.79 Å². The van der Waals surface area contributed by atoms with Gasteiger partial charge in [0.1, 0.15) is 12.1 Å². The summed E-state index contributed by atoms with van der Waals surface area (Å²) in [5.74, 6) is -0.0173. The highest BCUT2D eigenvalue weighted by atomic mass is 16.6. The van der Waals surface area contributed by atoms with Crippen molar-refractivity contribution in [3.8, 4) is 0 Å². The molecule has 0 saturated heterocycles. The fourth-order valence-corrected chi connectivity index (χ4v) is 2.85. The van der Waals surface area contributed by atoms with Gasteiger partial charge in [0.15, 0.2) is 0 Å². The number of ether oxygens (including phenoxy) is 1. The van der Waals surface area contributed by atoms with Crippen molar-refractivity contribution in [1.29, 1.82) is 0 Å². The Hall–Kier alpha value is -1.56. The average Bonchev–Trinajstić information content (AvgIpc) is 3.00. The van der Waals surface area contributed by atoms with E-state index < -0.39 is 12.0 Å². The highest BCUT2D eigenvalue weighted by Crippen LogP contribution is 2.40. The summed E-state index contributed by atoms with van der Waals surface area (Å²) >= 11 is 0. The van der Waals surface area contributed by atoms with Gasteiger partial charge in [-0.1, -0.05) is 12.2 Å². The van der Waals surface area contributed by atoms with E-state index in [1.807, 2.05) is 0 Å². The van der Waals surface area contributed by atoms with E-state index >= 15 is 0 Å². The Labute approximate surface area is 118 Å². The van der Waals surface area contributed by atoms with Crippen LogP contribution < -0.4 is 11.1 Å². The summed E-state index contributed by atoms with van der Waals surface area (Å²) in [6, 6.07) is -0.817. The maximum Gasteiger partial charge on any atom is 0.407 e. The lowest BCUT2D eigenvalue weighted by atomic mass is 10.1. The fraction of sp³-hybridized carbons (Fsp3) is 0.714. The molecule has 2 bridgehead atoms. The van der Waals surface area contributed by atoms with Gasteiger partial charge in [0.2, 0.25) is 0 Å². The van der Waals surface area contributed by atoms with Gasteiger partial charge in [-0.15, -0.1) is 0 Å². The number of nitrogens with two attached hydrogens (primary N) is 1. The molecule has 6 nitrogen and oxygen atoms in total. The molecule has 3 unspecified atom stereocenters. The molecule has 0 aromatic carbocycles. The number of fused-ring (bicyclic) bond motifs is 2. The van der Waals surface area contributed by atoms with Crippen LogP contribution in [-0.2, 0) is 9.53 Å². The first-order valence-electron chi connectivity index (χ1n) is 7.17. The van der Waals surface area contributed by atoms with Crippen LogP contribution in [0.25, 0.3) is 0 Å². The van der Waals surface area contributed by atoms with Crippen LogP contribution in [0.5, 0.6) is 0 Å². The van der Waals surface area contributed by atoms with Crippen LogP contribution in [-0.4, -0.2) is 35.9 Å². The normalized spacial score (nSPS) is 28.4. The molecular formula is C14H22N2O4. The molecule has 20 heavy (non-hydrogen) atoms. The van der Waals surface area contributed by atoms with Crippen LogP contribution in [0.2, 0.25) is 0 Å². The van der Waals surface area contributed by atoms with Gasteiger partial charge in [-0.25, -0.2) is 4.79 Å². The summed E-state index contributed by atoms with van der Waals surface area (Å²) in [5.41, 5.74) is 5.38. The molecule has 0 spiro atoms. The number of carbonyl (C=O) groups excluding carboxylic acids is 1. The molecule has 2 aliphatic carbocycles. The number of allylic oxidation sites excluding steroid dienone is 1. The van der Waals surface area contributed by atoms with Gasteiger partial charge >= 0.3 is 12.1 Å². The number of aliphatic carboxylic acids is 1. The molecule has 0 aromatic heterocycles. The predicted molar refractivity (Wildman–Crippen MR) is 73.1 cm³/mol. The minimum Gasteiger partial charge on any atom is -0.480 e. The maximum absolute atomic E-state index is 11.6. The van der Waals surface area contributed by atoms with Gasteiger partial charge < -0.3 is 20.9 Å². The smallest absolute Gasteiger partial charge is 0.407 e. The summed E-state index contributed by atoms with van der Waals surface area (Å²) in [6.45, 7) is 0.488. The molecule has 1 saturated carbocycles. The Morgan fingerprint density at radius 2 is 2.15 bits per heavy atom. The zero-order chi connectivity index (χ0) is 14.5. The number of unbranched alkanes of at least 4 members (excludes halogenated alkanes) is 1. The van der Waals surface area contributed by atoms with Crippen molar-refractivity contribution in [1.82, 2.24) is 5.32 Å². The first-order valence-corrected chi connectivity index (χ1v) is 7.17. The molecule has 0 aromatic rings. The van der Waals surface area contributed by atoms with Gasteiger partial charge in [0.05, 0.1) is 0 Å². The monoisotopic (exact) mass is 282 g/mol. The van der Waals surface area contributed by atoms with Crippen molar-refractivity contribution < 1.29 is 19.4 Å². The molecule has 1 amide bonds. The van der Waals surface area contributed by atoms with Crippen molar-refractivity contribution in [3.05, 3.63) is 12.2 Å². The molecule has 0 heterocycles. The van der Waals surface area contributed by atoms with Crippen LogP contribution in [0.3, 0.4) is 0 Å². The van der Waals surface area contributed by atoms with Crippen molar-refractivity contribution in [3.63, 3.8) is 0 Å². The topological polar surface area (TPSA) is 102 Å². The number of nitrogens with one attached hydrogen (secondary N) is 1. The van der Waals surface area contributed by atoms with Gasteiger partial charge in [-0.05, 0) is 38.0 Å². The standard InChI is InChI=1S/C14H22N2O4/c15-11(13(17)18)3-1-2-6-16-14(19)20-12-8-9-4-5-10(12)7-9/h4-5,9-12H,1-3,6-8,15H2,(H,16,19)(H,17,18)/t9?,10?,11-,12?/m0/s1. The van der Waals surface area contributed by atoms with Gasteiger partial charge in [0.25, 0.3) is 0 Å². The van der Waals surface area contributed by atoms with E-state index in [1.54, 1.807) is 0 Å². The number of hydrogen-bond donors (Lipinski definition) is 3. The van der Waals surface area contributed by atoms with Crippen molar-refractivity contribution in [2.24, 2.45) is 17.6 Å². The summed E-state index contributed by atoms with van der Waals surface area (Å²) in [4.78, 5) is 22.1. The Kier molecular flexibility index (Phi) is 5.00. The first kappa shape index (κ1) is 14.8. The molecule has 4 atom stereocenters. The molecule has 0 radical (unpaired) electrons. The van der Waals surface area contributed by atoms with E-state index in [0.29, 0.717) is 37.6 Å². The SMILES string of the molecule is N[C@@H](CCCCNC(=O)OC1CC2C=CC1C2)C(=O)O. The first-order chi connectivity index (χ1) is 9.56. The molecule has 1 fully saturated rings. The molecule has 2 aliphatic rings. The lowest BCUT2D eigenvalue weighted by Crippen LogP contribution is -2.32. The number of carboxylic acid groups (broad SMARTS) is 1. The van der Waals surface area contributed by atoms with Crippen molar-refractivity contribution in [2.75, 3.05) is 6.54 Å². The lowest BCUT2D eigenvalue weighted by Gasteiger charge is -2.19. The number of amides is 1. The average molecular weight is 282 g/mol. The second kappa shape index (κ2) is 6.74. The van der Waals surface area contributed by atoms with Crippen molar-refractivity contribution in [2.45, 2.75) is 44.2 Å². The van der Waals surface area contributed by atoms with Crippen LogP contribution in [0.4, 0.5) is 4.79 Å². The van der Waals surface area contributed by atoms with E-state index in [4.69, 9.17) is 15.6 Å². The minimum atomic E-state index is -0.985. The third-order valence-corrected chi connectivity index (χ3v) is 4.00. The third-order valence-electron chi connectivity index (χ3n) is 4.00. The lowest BCUT2D eigenvalue weighted by molar-refractivity contribution is -0.138. The highest BCUT2D eigenvalue weighted by molar-refractivity contribution is 5.72. The van der Waals surface area contributed by atoms with E-state index in [9.17, 15) is 9.59 Å². The van der Waals surface area contributed by atoms with Crippen LogP contribution >= 0.6 is 0 Å². The Bertz CT molecular complexity index is 397. The molecule has 0 aliphatic heterocycles. The van der Waals surface area contributed by atoms with E-state index in [-0.39, 0.29) is 12.2 Å². The van der Waals surface area contributed by atoms with Gasteiger partial charge in [-0.2, -0.15) is 0 Å². The van der Waals surface area contributed by atoms with Crippen LogP contribution in [0.15, 0.2) is 12.2 Å². The largest absolute Gasteiger partial charge is 0.480 e. The number of carboxylic acids is 1. The number of alkyl carbamates (subject to hydrolysis) is 1. The fourth-order valence-electron chi connectivity index (χ4n) is 2.85. The quantitative estimate of drug-likeness (QED) is 0.482. The summed E-state index contributed by atoms with van der Waals surface area (Å²) < 4.78 is 5.39. The molecule has 6 heteroatoms. The van der Waals surface area contributed by atoms with Crippen molar-refractivity contribution >= 4 is 12.1 Å². The second-order valence-corrected chi connectivity index (χ2v) is 5.59. The van der Waals surface area contributed by atoms with Crippen LogP contribution in [0.1, 0.15) is 32.1 Å². The Balaban J connectivity index is 1.53.